The third kappa shape index (κ3) is 6.61. The Hall–Kier alpha value is -0.780. The van der Waals surface area contributed by atoms with Crippen molar-refractivity contribution in [1.29, 1.82) is 0 Å². The number of rotatable bonds is 6. The topological polar surface area (TPSA) is 49.3 Å². The molecule has 1 N–H and O–H groups in total. The molecule has 0 aromatic heterocycles. The van der Waals surface area contributed by atoms with Crippen LogP contribution in [0.15, 0.2) is 23.2 Å². The quantitative estimate of drug-likeness (QED) is 0.333. The van der Waals surface area contributed by atoms with Gasteiger partial charge in [-0.25, -0.2) is 4.39 Å². The molecule has 6 nitrogen and oxygen atoms in total. The summed E-state index contributed by atoms with van der Waals surface area (Å²) in [6.07, 6.45) is 4.34. The van der Waals surface area contributed by atoms with Crippen molar-refractivity contribution in [2.45, 2.75) is 24.1 Å². The number of nitrogens with one attached hydrogen (secondary N) is 1. The number of benzene rings is 1. The summed E-state index contributed by atoms with van der Waals surface area (Å²) in [5.74, 6) is 0.963. The molecule has 1 aromatic carbocycles. The minimum absolute atomic E-state index is 0. The molecule has 0 aliphatic carbocycles. The van der Waals surface area contributed by atoms with Gasteiger partial charge in [-0.3, -0.25) is 9.89 Å². The molecule has 3 rings (SSSR count). The van der Waals surface area contributed by atoms with E-state index in [1.165, 1.54) is 7.11 Å². The molecule has 170 valence electrons. The van der Waals surface area contributed by atoms with Crippen LogP contribution in [0.4, 0.5) is 4.39 Å². The van der Waals surface area contributed by atoms with Gasteiger partial charge in [-0.2, -0.15) is 11.8 Å². The van der Waals surface area contributed by atoms with E-state index in [4.69, 9.17) is 9.47 Å². The maximum atomic E-state index is 13.9. The van der Waals surface area contributed by atoms with E-state index in [-0.39, 0.29) is 34.5 Å². The van der Waals surface area contributed by atoms with E-state index >= 15 is 0 Å². The van der Waals surface area contributed by atoms with Gasteiger partial charge in [0.2, 0.25) is 0 Å². The van der Waals surface area contributed by atoms with E-state index < -0.39 is 0 Å². The fourth-order valence-corrected chi connectivity index (χ4v) is 4.74. The first-order valence-electron chi connectivity index (χ1n) is 10.2. The molecule has 2 aliphatic rings. The third-order valence-electron chi connectivity index (χ3n) is 5.91. The predicted molar refractivity (Wildman–Crippen MR) is 133 cm³/mol. The third-order valence-corrected chi connectivity index (χ3v) is 7.33. The molecule has 2 saturated heterocycles. The van der Waals surface area contributed by atoms with Crippen LogP contribution >= 0.6 is 35.7 Å². The molecule has 2 fully saturated rings. The lowest BCUT2D eigenvalue weighted by Gasteiger charge is -2.39. The lowest BCUT2D eigenvalue weighted by Crippen LogP contribution is -2.54. The van der Waals surface area contributed by atoms with Crippen molar-refractivity contribution in [2.24, 2.45) is 4.99 Å². The summed E-state index contributed by atoms with van der Waals surface area (Å²) in [6, 6.07) is 5.20. The minimum atomic E-state index is -0.302. The van der Waals surface area contributed by atoms with Crippen molar-refractivity contribution < 1.29 is 13.9 Å². The summed E-state index contributed by atoms with van der Waals surface area (Å²) in [4.78, 5) is 9.18. The van der Waals surface area contributed by atoms with Gasteiger partial charge in [0.1, 0.15) is 0 Å². The Kier molecular flexibility index (Phi) is 10.5. The van der Waals surface area contributed by atoms with E-state index in [1.54, 1.807) is 12.1 Å². The summed E-state index contributed by atoms with van der Waals surface area (Å²) in [7, 11) is 3.34. The highest BCUT2D eigenvalue weighted by molar-refractivity contribution is 14.0. The highest BCUT2D eigenvalue weighted by Gasteiger charge is 2.32. The van der Waals surface area contributed by atoms with E-state index in [1.807, 2.05) is 24.9 Å². The van der Waals surface area contributed by atoms with Crippen LogP contribution in [0.3, 0.4) is 0 Å². The summed E-state index contributed by atoms with van der Waals surface area (Å²) in [5.41, 5.74) is 0.973. The Morgan fingerprint density at radius 3 is 2.53 bits per heavy atom. The summed E-state index contributed by atoms with van der Waals surface area (Å²) in [6.45, 7) is 7.01. The smallest absolute Gasteiger partial charge is 0.193 e. The van der Waals surface area contributed by atoms with Crippen molar-refractivity contribution in [3.8, 4) is 5.75 Å². The largest absolute Gasteiger partial charge is 0.494 e. The van der Waals surface area contributed by atoms with E-state index in [0.29, 0.717) is 5.75 Å². The maximum absolute atomic E-state index is 13.9. The van der Waals surface area contributed by atoms with Crippen LogP contribution in [0.2, 0.25) is 0 Å². The van der Waals surface area contributed by atoms with Crippen molar-refractivity contribution in [3.05, 3.63) is 29.6 Å². The number of thioether (sulfide) groups is 1. The first-order chi connectivity index (χ1) is 14.1. The van der Waals surface area contributed by atoms with Crippen LogP contribution in [-0.2, 0) is 11.3 Å². The molecule has 2 heterocycles. The molecule has 9 heteroatoms. The number of piperazine rings is 1. The van der Waals surface area contributed by atoms with Gasteiger partial charge in [0.15, 0.2) is 17.5 Å². The number of methoxy groups -OCH3 is 1. The van der Waals surface area contributed by atoms with Crippen LogP contribution in [0, 0.1) is 5.82 Å². The second kappa shape index (κ2) is 12.3. The Balaban J connectivity index is 0.00000320. The van der Waals surface area contributed by atoms with Crippen molar-refractivity contribution >= 4 is 41.7 Å². The predicted octanol–water partition coefficient (Wildman–Crippen LogP) is 3.06. The molecule has 0 amide bonds. The molecule has 0 saturated carbocycles. The molecule has 0 radical (unpaired) electrons. The minimum Gasteiger partial charge on any atom is -0.494 e. The van der Waals surface area contributed by atoms with Gasteiger partial charge in [-0.05, 0) is 36.8 Å². The maximum Gasteiger partial charge on any atom is 0.193 e. The number of ether oxygens (including phenoxy) is 2. The van der Waals surface area contributed by atoms with Gasteiger partial charge in [0, 0.05) is 64.3 Å². The molecule has 2 aliphatic heterocycles. The number of aliphatic imine (C=N–C) groups is 1. The van der Waals surface area contributed by atoms with Gasteiger partial charge in [0.25, 0.3) is 0 Å². The second-order valence-electron chi connectivity index (χ2n) is 7.63. The Bertz CT molecular complexity index is 696. The zero-order valence-electron chi connectivity index (χ0n) is 18.2. The molecule has 0 bridgehead atoms. The van der Waals surface area contributed by atoms with Crippen LogP contribution in [0.1, 0.15) is 18.4 Å². The molecule has 0 spiro atoms. The van der Waals surface area contributed by atoms with Gasteiger partial charge in [-0.15, -0.1) is 24.0 Å². The van der Waals surface area contributed by atoms with Crippen LogP contribution < -0.4 is 10.1 Å². The molecular weight excluding hydrogens is 518 g/mol. The van der Waals surface area contributed by atoms with Crippen LogP contribution in [0.5, 0.6) is 5.75 Å². The highest BCUT2D eigenvalue weighted by atomic mass is 127. The Morgan fingerprint density at radius 1 is 1.27 bits per heavy atom. The summed E-state index contributed by atoms with van der Waals surface area (Å²) in [5, 5.41) is 3.60. The fraction of sp³-hybridized carbons (Fsp3) is 0.667. The fourth-order valence-electron chi connectivity index (χ4n) is 3.95. The molecule has 1 aromatic rings. The highest BCUT2D eigenvalue weighted by Crippen LogP contribution is 2.33. The van der Waals surface area contributed by atoms with Crippen LogP contribution in [-0.4, -0.2) is 86.9 Å². The van der Waals surface area contributed by atoms with Crippen LogP contribution in [0.25, 0.3) is 0 Å². The lowest BCUT2D eigenvalue weighted by molar-refractivity contribution is 0.0779. The van der Waals surface area contributed by atoms with Gasteiger partial charge < -0.3 is 19.7 Å². The van der Waals surface area contributed by atoms with Gasteiger partial charge in [-0.1, -0.05) is 6.07 Å². The van der Waals surface area contributed by atoms with Crippen molar-refractivity contribution in [3.63, 3.8) is 0 Å². The zero-order chi connectivity index (χ0) is 20.7. The SMILES string of the molecule is CN=C(NCC1(SC)CCOCC1)N1CCN(Cc2ccc(OC)c(F)c2)CC1.I. The van der Waals surface area contributed by atoms with E-state index in [2.05, 4.69) is 26.4 Å². The molecular formula is C21H34FIN4O2S. The average molecular weight is 552 g/mol. The standard InChI is InChI=1S/C21H33FN4O2S.HI/c1-23-20(24-16-21(29-3)6-12-28-13-7-21)26-10-8-25(9-11-26)15-17-4-5-19(27-2)18(22)14-17;/h4-5,14H,6-13,15-16H2,1-3H3,(H,23,24);1H. The number of nitrogens with zero attached hydrogens (tertiary/aromatic N) is 3. The normalized spacial score (nSPS) is 19.9. The summed E-state index contributed by atoms with van der Waals surface area (Å²) >= 11 is 1.93. The first kappa shape index (κ1) is 25.5. The number of hydrogen-bond acceptors (Lipinski definition) is 5. The number of hydrogen-bond donors (Lipinski definition) is 1. The number of guanidine groups is 1. The zero-order valence-corrected chi connectivity index (χ0v) is 21.3. The van der Waals surface area contributed by atoms with E-state index in [9.17, 15) is 4.39 Å². The lowest BCUT2D eigenvalue weighted by atomic mass is 9.99. The second-order valence-corrected chi connectivity index (χ2v) is 8.91. The molecule has 0 unspecified atom stereocenters. The van der Waals surface area contributed by atoms with Crippen molar-refractivity contribution in [2.75, 3.05) is 66.4 Å². The summed E-state index contributed by atoms with van der Waals surface area (Å²) < 4.78 is 24.7. The van der Waals surface area contributed by atoms with Crippen molar-refractivity contribution in [1.82, 2.24) is 15.1 Å². The Labute approximate surface area is 201 Å². The van der Waals surface area contributed by atoms with Gasteiger partial charge in [0.05, 0.1) is 7.11 Å². The monoisotopic (exact) mass is 552 g/mol. The first-order valence-corrected chi connectivity index (χ1v) is 11.4. The molecule has 30 heavy (non-hydrogen) atoms. The average Bonchev–Trinajstić information content (AvgIpc) is 2.76. The molecule has 0 atom stereocenters. The van der Waals surface area contributed by atoms with Gasteiger partial charge >= 0.3 is 0 Å². The number of halogens is 2. The van der Waals surface area contributed by atoms with E-state index in [0.717, 1.165) is 76.8 Å². The Morgan fingerprint density at radius 2 is 1.97 bits per heavy atom.